The number of aromatic nitrogens is 4. The van der Waals surface area contributed by atoms with Crippen molar-refractivity contribution in [2.45, 2.75) is 5.41 Å². The zero-order chi connectivity index (χ0) is 43.3. The van der Waals surface area contributed by atoms with Crippen molar-refractivity contribution in [3.8, 4) is 73.2 Å². The number of nitrogens with zero attached hydrogens (tertiary/aromatic N) is 4. The molecule has 1 spiro atoms. The minimum absolute atomic E-state index is 0.569. The molecule has 4 heteroatoms. The van der Waals surface area contributed by atoms with Crippen LogP contribution in [0, 0.1) is 0 Å². The Hall–Kier alpha value is -8.73. The molecule has 2 aliphatic carbocycles. The summed E-state index contributed by atoms with van der Waals surface area (Å²) in [6.45, 7) is 0. The molecule has 0 bridgehead atoms. The van der Waals surface area contributed by atoms with Gasteiger partial charge in [-0.2, -0.15) is 9.97 Å². The number of benzene rings is 10. The van der Waals surface area contributed by atoms with Gasteiger partial charge in [0.15, 0.2) is 11.6 Å². The molecule has 14 rings (SSSR count). The van der Waals surface area contributed by atoms with Gasteiger partial charge in [0, 0.05) is 27.5 Å². The summed E-state index contributed by atoms with van der Waals surface area (Å²) in [4.78, 5) is 16.5. The summed E-state index contributed by atoms with van der Waals surface area (Å²) in [5, 5.41) is 4.78. The molecule has 66 heavy (non-hydrogen) atoms. The number of hydrogen-bond acceptors (Lipinski definition) is 3. The minimum Gasteiger partial charge on any atom is -0.277 e. The van der Waals surface area contributed by atoms with Gasteiger partial charge in [0.1, 0.15) is 0 Å². The predicted molar refractivity (Wildman–Crippen MR) is 270 cm³/mol. The Morgan fingerprint density at radius 2 is 0.773 bits per heavy atom. The van der Waals surface area contributed by atoms with Crippen LogP contribution in [0.1, 0.15) is 22.3 Å². The minimum atomic E-state index is -0.625. The standard InChI is InChI=1S/C62H38N4/c1-3-19-39(20-4-1)41-23-17-25-43(37-41)59-63-60(44-26-18-24-42(38-44)40-21-5-2-6-22-40)65-61(64-59)66-54-36-16-12-32-50(54)56-48-30-8-7-29-47(48)55-49-31-11-15-35-53(49)62(57(55)58(56)66)51-33-13-9-27-45(51)46-28-10-14-34-52(46)62/h1-38H. The smallest absolute Gasteiger partial charge is 0.238 e. The molecule has 0 radical (unpaired) electrons. The van der Waals surface area contributed by atoms with Crippen molar-refractivity contribution in [1.29, 1.82) is 0 Å². The Balaban J connectivity index is 1.15. The van der Waals surface area contributed by atoms with Gasteiger partial charge in [0.25, 0.3) is 0 Å². The number of rotatable bonds is 5. The number of fused-ring (bicyclic) bond motifs is 17. The SMILES string of the molecule is c1ccc(-c2cccc(-c3nc(-c4cccc(-c5ccccc5)c4)nc(-n4c5ccccc5c5c6ccccc6c6c(c54)C4(c5ccccc5-c5ccccc54)c4ccccc4-6)n3)c2)cc1. The monoisotopic (exact) mass is 838 g/mol. The van der Waals surface area contributed by atoms with E-state index in [9.17, 15) is 0 Å². The first-order chi connectivity index (χ1) is 32.8. The number of para-hydroxylation sites is 1. The van der Waals surface area contributed by atoms with Crippen molar-refractivity contribution in [1.82, 2.24) is 19.5 Å². The molecule has 2 aromatic heterocycles. The molecule has 0 unspecified atom stereocenters. The van der Waals surface area contributed by atoms with Gasteiger partial charge >= 0.3 is 0 Å². The van der Waals surface area contributed by atoms with Gasteiger partial charge in [0.05, 0.1) is 16.4 Å². The second-order valence-corrected chi connectivity index (χ2v) is 17.4. The first kappa shape index (κ1) is 36.7. The summed E-state index contributed by atoms with van der Waals surface area (Å²) in [6.07, 6.45) is 0. The van der Waals surface area contributed by atoms with Gasteiger partial charge in [-0.15, -0.1) is 0 Å². The summed E-state index contributed by atoms with van der Waals surface area (Å²) in [5.74, 6) is 1.78. The molecule has 0 N–H and O–H groups in total. The van der Waals surface area contributed by atoms with Gasteiger partial charge in [0.2, 0.25) is 5.95 Å². The van der Waals surface area contributed by atoms with Crippen molar-refractivity contribution in [2.24, 2.45) is 0 Å². The summed E-state index contributed by atoms with van der Waals surface area (Å²) < 4.78 is 2.36. The highest BCUT2D eigenvalue weighted by Crippen LogP contribution is 2.66. The zero-order valence-corrected chi connectivity index (χ0v) is 35.7. The maximum Gasteiger partial charge on any atom is 0.238 e. The molecular weight excluding hydrogens is 801 g/mol. The molecule has 10 aromatic carbocycles. The van der Waals surface area contributed by atoms with Crippen molar-refractivity contribution >= 4 is 32.6 Å². The maximum absolute atomic E-state index is 5.59. The van der Waals surface area contributed by atoms with Crippen LogP contribution in [0.4, 0.5) is 0 Å². The summed E-state index contributed by atoms with van der Waals surface area (Å²) in [5.41, 5.74) is 18.0. The lowest BCUT2D eigenvalue weighted by molar-refractivity contribution is 0.795. The lowest BCUT2D eigenvalue weighted by Crippen LogP contribution is -2.26. The van der Waals surface area contributed by atoms with Crippen LogP contribution in [-0.2, 0) is 5.41 Å². The fourth-order valence-electron chi connectivity index (χ4n) is 11.4. The Morgan fingerprint density at radius 1 is 0.333 bits per heavy atom. The van der Waals surface area contributed by atoms with E-state index in [2.05, 4.69) is 235 Å². The first-order valence-corrected chi connectivity index (χ1v) is 22.6. The third-order valence-corrected chi connectivity index (χ3v) is 14.0. The summed E-state index contributed by atoms with van der Waals surface area (Å²) in [6, 6.07) is 83.1. The van der Waals surface area contributed by atoms with Crippen LogP contribution < -0.4 is 0 Å². The van der Waals surface area contributed by atoms with Crippen LogP contribution in [0.5, 0.6) is 0 Å². The summed E-state index contributed by atoms with van der Waals surface area (Å²) in [7, 11) is 0. The predicted octanol–water partition coefficient (Wildman–Crippen LogP) is 15.1. The van der Waals surface area contributed by atoms with Crippen molar-refractivity contribution in [2.75, 3.05) is 0 Å². The molecule has 12 aromatic rings. The quantitative estimate of drug-likeness (QED) is 0.173. The maximum atomic E-state index is 5.59. The van der Waals surface area contributed by atoms with E-state index in [0.29, 0.717) is 17.6 Å². The molecule has 2 heterocycles. The highest BCUT2D eigenvalue weighted by Gasteiger charge is 2.53. The van der Waals surface area contributed by atoms with E-state index < -0.39 is 5.41 Å². The molecule has 0 atom stereocenters. The lowest BCUT2D eigenvalue weighted by Gasteiger charge is -2.31. The van der Waals surface area contributed by atoms with Crippen molar-refractivity contribution in [3.05, 3.63) is 253 Å². The van der Waals surface area contributed by atoms with Crippen LogP contribution in [0.2, 0.25) is 0 Å². The van der Waals surface area contributed by atoms with E-state index >= 15 is 0 Å². The largest absolute Gasteiger partial charge is 0.277 e. The normalized spacial score (nSPS) is 13.0. The summed E-state index contributed by atoms with van der Waals surface area (Å²) >= 11 is 0. The van der Waals surface area contributed by atoms with Gasteiger partial charge in [-0.1, -0.05) is 212 Å². The van der Waals surface area contributed by atoms with Crippen LogP contribution in [0.15, 0.2) is 231 Å². The molecule has 0 aliphatic heterocycles. The Bertz CT molecular complexity index is 3790. The van der Waals surface area contributed by atoms with Gasteiger partial charge < -0.3 is 0 Å². The van der Waals surface area contributed by atoms with E-state index in [1.54, 1.807) is 0 Å². The van der Waals surface area contributed by atoms with Crippen LogP contribution >= 0.6 is 0 Å². The molecule has 4 nitrogen and oxygen atoms in total. The van der Waals surface area contributed by atoms with Gasteiger partial charge in [-0.25, -0.2) is 4.98 Å². The van der Waals surface area contributed by atoms with Crippen molar-refractivity contribution < 1.29 is 0 Å². The first-order valence-electron chi connectivity index (χ1n) is 22.6. The molecule has 306 valence electrons. The van der Waals surface area contributed by atoms with Crippen LogP contribution in [0.25, 0.3) is 106 Å². The Labute approximate surface area is 381 Å². The average molecular weight is 839 g/mol. The van der Waals surface area contributed by atoms with E-state index in [1.807, 2.05) is 0 Å². The third kappa shape index (κ3) is 5.12. The Morgan fingerprint density at radius 3 is 1.36 bits per heavy atom. The van der Waals surface area contributed by atoms with Crippen molar-refractivity contribution in [3.63, 3.8) is 0 Å². The zero-order valence-electron chi connectivity index (χ0n) is 35.7. The highest BCUT2D eigenvalue weighted by atomic mass is 15.2. The molecular formula is C62H38N4. The molecule has 0 saturated heterocycles. The number of hydrogen-bond donors (Lipinski definition) is 0. The van der Waals surface area contributed by atoms with E-state index in [0.717, 1.165) is 49.8 Å². The Kier molecular flexibility index (Phi) is 7.87. The van der Waals surface area contributed by atoms with Gasteiger partial charge in [-0.3, -0.25) is 4.57 Å². The molecule has 0 amide bonds. The molecule has 2 aliphatic rings. The fraction of sp³-hybridized carbons (Fsp3) is 0.0161. The molecule has 0 fully saturated rings. The fourth-order valence-corrected chi connectivity index (χ4v) is 11.4. The molecule has 0 saturated carbocycles. The average Bonchev–Trinajstić information content (AvgIpc) is 4.02. The van der Waals surface area contributed by atoms with Gasteiger partial charge in [-0.05, 0) is 90.2 Å². The lowest BCUT2D eigenvalue weighted by atomic mass is 9.70. The van der Waals surface area contributed by atoms with Crippen LogP contribution in [-0.4, -0.2) is 19.5 Å². The second kappa shape index (κ2) is 14.1. The third-order valence-electron chi connectivity index (χ3n) is 14.0. The van der Waals surface area contributed by atoms with E-state index in [4.69, 9.17) is 15.0 Å². The topological polar surface area (TPSA) is 43.6 Å². The van der Waals surface area contributed by atoms with Crippen LogP contribution in [0.3, 0.4) is 0 Å². The van der Waals surface area contributed by atoms with E-state index in [1.165, 1.54) is 60.7 Å². The second-order valence-electron chi connectivity index (χ2n) is 17.4. The highest BCUT2D eigenvalue weighted by molar-refractivity contribution is 6.27. The van der Waals surface area contributed by atoms with E-state index in [-0.39, 0.29) is 0 Å².